The molecular formula is C14H18N2O3S. The summed E-state index contributed by atoms with van der Waals surface area (Å²) >= 11 is 1.45. The van der Waals surface area contributed by atoms with Crippen molar-refractivity contribution in [3.05, 3.63) is 15.6 Å². The highest BCUT2D eigenvalue weighted by Gasteiger charge is 2.26. The number of aromatic nitrogens is 1. The number of esters is 1. The van der Waals surface area contributed by atoms with Crippen LogP contribution in [0.2, 0.25) is 0 Å². The van der Waals surface area contributed by atoms with Crippen molar-refractivity contribution in [2.45, 2.75) is 32.6 Å². The third-order valence-corrected chi connectivity index (χ3v) is 4.86. The minimum absolute atomic E-state index is 0.0340. The average molecular weight is 294 g/mol. The van der Waals surface area contributed by atoms with Gasteiger partial charge in [-0.2, -0.15) is 0 Å². The van der Waals surface area contributed by atoms with Gasteiger partial charge < -0.3 is 10.1 Å². The van der Waals surface area contributed by atoms with E-state index in [-0.39, 0.29) is 17.8 Å². The molecule has 108 valence electrons. The number of nitrogens with zero attached hydrogens (tertiary/aromatic N) is 1. The predicted octanol–water partition coefficient (Wildman–Crippen LogP) is 1.70. The smallest absolute Gasteiger partial charge is 0.350 e. The summed E-state index contributed by atoms with van der Waals surface area (Å²) in [6.45, 7) is 2.75. The number of amides is 1. The zero-order valence-electron chi connectivity index (χ0n) is 11.5. The lowest BCUT2D eigenvalue weighted by Gasteiger charge is -2.07. The number of hydrogen-bond donors (Lipinski definition) is 1. The van der Waals surface area contributed by atoms with Gasteiger partial charge in [-0.1, -0.05) is 0 Å². The Hall–Kier alpha value is -1.43. The molecule has 2 aliphatic rings. The Labute approximate surface area is 121 Å². The second-order valence-corrected chi connectivity index (χ2v) is 6.73. The molecule has 0 spiro atoms. The van der Waals surface area contributed by atoms with Crippen molar-refractivity contribution in [1.82, 2.24) is 10.3 Å². The van der Waals surface area contributed by atoms with E-state index in [2.05, 4.69) is 10.3 Å². The molecule has 1 saturated carbocycles. The fourth-order valence-corrected chi connectivity index (χ4v) is 3.41. The van der Waals surface area contributed by atoms with E-state index >= 15 is 0 Å². The number of rotatable bonds is 5. The van der Waals surface area contributed by atoms with Gasteiger partial charge in [-0.3, -0.25) is 4.79 Å². The molecular weight excluding hydrogens is 276 g/mol. The fraction of sp³-hybridized carbons (Fsp3) is 0.643. The van der Waals surface area contributed by atoms with Gasteiger partial charge in [0.15, 0.2) is 0 Å². The first-order valence-electron chi connectivity index (χ1n) is 7.02. The lowest BCUT2D eigenvalue weighted by Crippen LogP contribution is -2.17. The van der Waals surface area contributed by atoms with Crippen LogP contribution in [0.5, 0.6) is 0 Å². The number of ether oxygens (including phenoxy) is 1. The molecule has 2 fully saturated rings. The van der Waals surface area contributed by atoms with E-state index in [1.54, 1.807) is 0 Å². The minimum atomic E-state index is -0.304. The molecule has 6 heteroatoms. The molecule has 0 bridgehead atoms. The highest BCUT2D eigenvalue weighted by atomic mass is 32.1. The molecule has 0 radical (unpaired) electrons. The molecule has 20 heavy (non-hydrogen) atoms. The van der Waals surface area contributed by atoms with Crippen LogP contribution in [0, 0.1) is 18.8 Å². The number of aryl methyl sites for hydroxylation is 1. The van der Waals surface area contributed by atoms with Gasteiger partial charge in [0, 0.05) is 25.3 Å². The van der Waals surface area contributed by atoms with E-state index < -0.39 is 0 Å². The van der Waals surface area contributed by atoms with E-state index in [9.17, 15) is 9.59 Å². The van der Waals surface area contributed by atoms with Crippen molar-refractivity contribution in [3.8, 4) is 0 Å². The third kappa shape index (κ3) is 3.17. The molecule has 1 aromatic heterocycles. The summed E-state index contributed by atoms with van der Waals surface area (Å²) in [6.07, 6.45) is 3.99. The molecule has 1 aromatic rings. The fourth-order valence-electron chi connectivity index (χ4n) is 2.34. The minimum Gasteiger partial charge on any atom is -0.461 e. The standard InChI is InChI=1S/C14H18N2O3S/c1-8-13(20-12(16-8)5-9-2-3-9)14(18)19-7-10-4-11(17)15-6-10/h9-10H,2-7H2,1H3,(H,15,17)/t10-/m0/s1. The van der Waals surface area contributed by atoms with Crippen molar-refractivity contribution < 1.29 is 14.3 Å². The summed E-state index contributed by atoms with van der Waals surface area (Å²) in [5, 5.41) is 3.77. The highest BCUT2D eigenvalue weighted by Crippen LogP contribution is 2.34. The first-order valence-corrected chi connectivity index (χ1v) is 7.83. The Kier molecular flexibility index (Phi) is 3.74. The number of thiazole rings is 1. The summed E-state index contributed by atoms with van der Waals surface area (Å²) in [5.74, 6) is 0.596. The average Bonchev–Trinajstić information content (AvgIpc) is 3.00. The van der Waals surface area contributed by atoms with Crippen LogP contribution in [0.15, 0.2) is 0 Å². The van der Waals surface area contributed by atoms with Crippen LogP contribution in [0.3, 0.4) is 0 Å². The Morgan fingerprint density at radius 2 is 2.25 bits per heavy atom. The first-order chi connectivity index (χ1) is 9.61. The Morgan fingerprint density at radius 3 is 2.90 bits per heavy atom. The van der Waals surface area contributed by atoms with Crippen LogP contribution in [0.1, 0.15) is 39.6 Å². The van der Waals surface area contributed by atoms with Crippen molar-refractivity contribution >= 4 is 23.2 Å². The van der Waals surface area contributed by atoms with Crippen molar-refractivity contribution in [1.29, 1.82) is 0 Å². The Bertz CT molecular complexity index is 537. The summed E-state index contributed by atoms with van der Waals surface area (Å²) in [5.41, 5.74) is 0.760. The van der Waals surface area contributed by atoms with Gasteiger partial charge in [-0.15, -0.1) is 11.3 Å². The van der Waals surface area contributed by atoms with Crippen LogP contribution >= 0.6 is 11.3 Å². The van der Waals surface area contributed by atoms with Crippen LogP contribution in [0.4, 0.5) is 0 Å². The molecule has 1 aliphatic carbocycles. The van der Waals surface area contributed by atoms with Crippen LogP contribution < -0.4 is 5.32 Å². The topological polar surface area (TPSA) is 68.3 Å². The number of nitrogens with one attached hydrogen (secondary N) is 1. The molecule has 2 heterocycles. The highest BCUT2D eigenvalue weighted by molar-refractivity contribution is 7.13. The van der Waals surface area contributed by atoms with Crippen molar-refractivity contribution in [2.75, 3.05) is 13.2 Å². The van der Waals surface area contributed by atoms with Crippen LogP contribution in [0.25, 0.3) is 0 Å². The maximum Gasteiger partial charge on any atom is 0.350 e. The zero-order chi connectivity index (χ0) is 14.1. The Balaban J connectivity index is 1.55. The maximum absolute atomic E-state index is 12.1. The maximum atomic E-state index is 12.1. The SMILES string of the molecule is Cc1nc(CC2CC2)sc1C(=O)OC[C@@H]1CNC(=O)C1. The molecule has 1 N–H and O–H groups in total. The predicted molar refractivity (Wildman–Crippen MR) is 74.7 cm³/mol. The summed E-state index contributed by atoms with van der Waals surface area (Å²) in [4.78, 5) is 28.2. The van der Waals surface area contributed by atoms with Crippen molar-refractivity contribution in [3.63, 3.8) is 0 Å². The molecule has 0 aromatic carbocycles. The second kappa shape index (κ2) is 5.52. The number of carbonyl (C=O) groups excluding carboxylic acids is 2. The normalized spacial score (nSPS) is 21.9. The van der Waals surface area contributed by atoms with E-state index in [1.165, 1.54) is 24.2 Å². The van der Waals surface area contributed by atoms with Crippen LogP contribution in [-0.4, -0.2) is 30.0 Å². The largest absolute Gasteiger partial charge is 0.461 e. The van der Waals surface area contributed by atoms with Gasteiger partial charge in [0.05, 0.1) is 17.3 Å². The molecule has 1 atom stereocenters. The lowest BCUT2D eigenvalue weighted by molar-refractivity contribution is -0.119. The van der Waals surface area contributed by atoms with Gasteiger partial charge in [0.25, 0.3) is 0 Å². The van der Waals surface area contributed by atoms with Gasteiger partial charge in [-0.05, 0) is 25.7 Å². The summed E-state index contributed by atoms with van der Waals surface area (Å²) < 4.78 is 5.31. The second-order valence-electron chi connectivity index (χ2n) is 5.64. The molecule has 0 unspecified atom stereocenters. The van der Waals surface area contributed by atoms with Crippen molar-refractivity contribution in [2.24, 2.45) is 11.8 Å². The molecule has 5 nitrogen and oxygen atoms in total. The Morgan fingerprint density at radius 1 is 1.45 bits per heavy atom. The van der Waals surface area contributed by atoms with Gasteiger partial charge in [-0.25, -0.2) is 9.78 Å². The number of carbonyl (C=O) groups is 2. The van der Waals surface area contributed by atoms with E-state index in [0.29, 0.717) is 24.4 Å². The van der Waals surface area contributed by atoms with Crippen LogP contribution in [-0.2, 0) is 16.0 Å². The van der Waals surface area contributed by atoms with Gasteiger partial charge >= 0.3 is 5.97 Å². The van der Waals surface area contributed by atoms with Gasteiger partial charge in [0.1, 0.15) is 4.88 Å². The molecule has 1 amide bonds. The van der Waals surface area contributed by atoms with E-state index in [4.69, 9.17) is 4.74 Å². The monoisotopic (exact) mass is 294 g/mol. The lowest BCUT2D eigenvalue weighted by atomic mass is 10.1. The summed E-state index contributed by atoms with van der Waals surface area (Å²) in [6, 6.07) is 0. The van der Waals surface area contributed by atoms with E-state index in [0.717, 1.165) is 23.0 Å². The first kappa shape index (κ1) is 13.5. The zero-order valence-corrected chi connectivity index (χ0v) is 12.3. The van der Waals surface area contributed by atoms with Gasteiger partial charge in [0.2, 0.25) is 5.91 Å². The quantitative estimate of drug-likeness (QED) is 0.839. The molecule has 3 rings (SSSR count). The van der Waals surface area contributed by atoms with E-state index in [1.807, 2.05) is 6.92 Å². The summed E-state index contributed by atoms with van der Waals surface area (Å²) in [7, 11) is 0. The molecule has 1 saturated heterocycles. The molecule has 1 aliphatic heterocycles. The third-order valence-electron chi connectivity index (χ3n) is 3.70. The number of hydrogen-bond acceptors (Lipinski definition) is 5.